The standard InChI is InChI=1S/C26H40O4/c1-3-4-5-6-7-8-17-24(29)18-11-9-15-23-16-10-12-19-25(23)26(30-22(2)28)20-13-14-21-27/h9-12,15-16,18-19,24,26-27,29H,3-8,13-14,17,20-21H2,1-2H3. The van der Waals surface area contributed by atoms with Crippen LogP contribution >= 0.6 is 0 Å². The van der Waals surface area contributed by atoms with Crippen LogP contribution in [0.2, 0.25) is 0 Å². The van der Waals surface area contributed by atoms with Crippen LogP contribution in [0.1, 0.15) is 95.3 Å². The van der Waals surface area contributed by atoms with Gasteiger partial charge in [0.25, 0.3) is 0 Å². The van der Waals surface area contributed by atoms with Gasteiger partial charge in [-0.3, -0.25) is 4.79 Å². The second-order valence-electron chi connectivity index (χ2n) is 7.81. The molecule has 4 heteroatoms. The lowest BCUT2D eigenvalue weighted by atomic mass is 9.98. The van der Waals surface area contributed by atoms with E-state index in [0.717, 1.165) is 30.4 Å². The van der Waals surface area contributed by atoms with Crippen molar-refractivity contribution in [3.05, 3.63) is 53.6 Å². The van der Waals surface area contributed by atoms with E-state index < -0.39 is 6.10 Å². The number of hydrogen-bond acceptors (Lipinski definition) is 4. The molecule has 1 aromatic rings. The molecule has 2 atom stereocenters. The second-order valence-corrected chi connectivity index (χ2v) is 7.81. The number of rotatable bonds is 16. The molecule has 0 aromatic heterocycles. The summed E-state index contributed by atoms with van der Waals surface area (Å²) in [5, 5.41) is 19.1. The molecule has 0 saturated heterocycles. The molecule has 4 nitrogen and oxygen atoms in total. The predicted octanol–water partition coefficient (Wildman–Crippen LogP) is 6.13. The van der Waals surface area contributed by atoms with E-state index in [9.17, 15) is 9.90 Å². The molecule has 1 aromatic carbocycles. The highest BCUT2D eigenvalue weighted by Gasteiger charge is 2.16. The lowest BCUT2D eigenvalue weighted by Gasteiger charge is -2.19. The number of ether oxygens (including phenoxy) is 1. The summed E-state index contributed by atoms with van der Waals surface area (Å²) in [6, 6.07) is 7.87. The molecule has 2 unspecified atom stereocenters. The number of aliphatic hydroxyl groups excluding tert-OH is 2. The SMILES string of the molecule is CCCCCCCCC(O)C=CC=Cc1ccccc1C(CCCCO)OC(C)=O. The average Bonchev–Trinajstić information content (AvgIpc) is 2.73. The number of carbonyl (C=O) groups excluding carboxylic acids is 1. The molecular weight excluding hydrogens is 376 g/mol. The molecule has 0 saturated carbocycles. The third kappa shape index (κ3) is 11.9. The number of allylic oxidation sites excluding steroid dienone is 2. The van der Waals surface area contributed by atoms with Crippen molar-refractivity contribution in [2.45, 2.75) is 90.3 Å². The van der Waals surface area contributed by atoms with E-state index in [1.54, 1.807) is 0 Å². The van der Waals surface area contributed by atoms with Crippen LogP contribution in [0.5, 0.6) is 0 Å². The van der Waals surface area contributed by atoms with Gasteiger partial charge in [-0.1, -0.05) is 94.0 Å². The third-order valence-electron chi connectivity index (χ3n) is 5.10. The van der Waals surface area contributed by atoms with E-state index in [1.165, 1.54) is 39.0 Å². The van der Waals surface area contributed by atoms with Gasteiger partial charge >= 0.3 is 5.97 Å². The molecule has 0 bridgehead atoms. The molecule has 2 N–H and O–H groups in total. The van der Waals surface area contributed by atoms with Gasteiger partial charge in [0.15, 0.2) is 0 Å². The Hall–Kier alpha value is -1.91. The summed E-state index contributed by atoms with van der Waals surface area (Å²) < 4.78 is 5.54. The van der Waals surface area contributed by atoms with E-state index >= 15 is 0 Å². The Labute approximate surface area is 182 Å². The van der Waals surface area contributed by atoms with Crippen molar-refractivity contribution < 1.29 is 19.7 Å². The van der Waals surface area contributed by atoms with Crippen LogP contribution in [-0.4, -0.2) is 28.9 Å². The lowest BCUT2D eigenvalue weighted by Crippen LogP contribution is -2.10. The topological polar surface area (TPSA) is 66.8 Å². The van der Waals surface area contributed by atoms with Crippen molar-refractivity contribution in [1.82, 2.24) is 0 Å². The molecule has 0 amide bonds. The molecule has 0 spiro atoms. The van der Waals surface area contributed by atoms with Gasteiger partial charge in [-0.2, -0.15) is 0 Å². The summed E-state index contributed by atoms with van der Waals surface area (Å²) in [5.41, 5.74) is 1.95. The first-order valence-corrected chi connectivity index (χ1v) is 11.5. The molecule has 0 aliphatic carbocycles. The highest BCUT2D eigenvalue weighted by atomic mass is 16.5. The molecule has 168 valence electrons. The van der Waals surface area contributed by atoms with Gasteiger partial charge < -0.3 is 14.9 Å². The van der Waals surface area contributed by atoms with E-state index in [1.807, 2.05) is 48.6 Å². The van der Waals surface area contributed by atoms with Crippen LogP contribution in [0.4, 0.5) is 0 Å². The molecule has 0 fully saturated rings. The minimum atomic E-state index is -0.414. The minimum Gasteiger partial charge on any atom is -0.458 e. The quantitative estimate of drug-likeness (QED) is 0.193. The zero-order chi connectivity index (χ0) is 22.0. The van der Waals surface area contributed by atoms with Crippen molar-refractivity contribution in [3.8, 4) is 0 Å². The third-order valence-corrected chi connectivity index (χ3v) is 5.10. The Kier molecular flexibility index (Phi) is 14.7. The molecule has 0 radical (unpaired) electrons. The Bertz CT molecular complexity index is 636. The normalized spacial score (nSPS) is 13.7. The van der Waals surface area contributed by atoms with Gasteiger partial charge in [-0.25, -0.2) is 0 Å². The summed E-state index contributed by atoms with van der Waals surface area (Å²) in [4.78, 5) is 11.5. The summed E-state index contributed by atoms with van der Waals surface area (Å²) in [7, 11) is 0. The summed E-state index contributed by atoms with van der Waals surface area (Å²) in [5.74, 6) is -0.305. The molecule has 0 aliphatic heterocycles. The molecule has 1 rings (SSSR count). The highest BCUT2D eigenvalue weighted by molar-refractivity contribution is 5.67. The van der Waals surface area contributed by atoms with E-state index in [-0.39, 0.29) is 18.7 Å². The zero-order valence-corrected chi connectivity index (χ0v) is 18.8. The Morgan fingerprint density at radius 3 is 2.43 bits per heavy atom. The first-order valence-electron chi connectivity index (χ1n) is 11.5. The van der Waals surface area contributed by atoms with E-state index in [2.05, 4.69) is 6.92 Å². The summed E-state index contributed by atoms with van der Waals surface area (Å²) >= 11 is 0. The Morgan fingerprint density at radius 2 is 1.70 bits per heavy atom. The van der Waals surface area contributed by atoms with E-state index in [4.69, 9.17) is 9.84 Å². The van der Waals surface area contributed by atoms with Gasteiger partial charge in [0, 0.05) is 13.5 Å². The number of aliphatic hydroxyl groups is 2. The van der Waals surface area contributed by atoms with Crippen molar-refractivity contribution in [2.75, 3.05) is 6.61 Å². The summed E-state index contributed by atoms with van der Waals surface area (Å²) in [6.07, 6.45) is 17.2. The highest BCUT2D eigenvalue weighted by Crippen LogP contribution is 2.27. The molecule has 30 heavy (non-hydrogen) atoms. The monoisotopic (exact) mass is 416 g/mol. The van der Waals surface area contributed by atoms with Crippen molar-refractivity contribution in [3.63, 3.8) is 0 Å². The van der Waals surface area contributed by atoms with Crippen LogP contribution < -0.4 is 0 Å². The maximum Gasteiger partial charge on any atom is 0.303 e. The average molecular weight is 417 g/mol. The number of esters is 1. The number of hydrogen-bond donors (Lipinski definition) is 2. The predicted molar refractivity (Wildman–Crippen MR) is 124 cm³/mol. The Morgan fingerprint density at radius 1 is 1.00 bits per heavy atom. The zero-order valence-electron chi connectivity index (χ0n) is 18.8. The maximum absolute atomic E-state index is 11.5. The largest absolute Gasteiger partial charge is 0.458 e. The van der Waals surface area contributed by atoms with Crippen molar-refractivity contribution in [1.29, 1.82) is 0 Å². The number of benzene rings is 1. The smallest absolute Gasteiger partial charge is 0.303 e. The minimum absolute atomic E-state index is 0.139. The summed E-state index contributed by atoms with van der Waals surface area (Å²) in [6.45, 7) is 3.78. The van der Waals surface area contributed by atoms with Crippen LogP contribution in [0.25, 0.3) is 6.08 Å². The fraction of sp³-hybridized carbons (Fsp3) is 0.577. The van der Waals surface area contributed by atoms with Crippen LogP contribution in [0, 0.1) is 0 Å². The van der Waals surface area contributed by atoms with Gasteiger partial charge in [-0.05, 0) is 36.8 Å². The number of unbranched alkanes of at least 4 members (excludes halogenated alkanes) is 6. The first-order chi connectivity index (χ1) is 14.6. The van der Waals surface area contributed by atoms with Crippen molar-refractivity contribution in [2.24, 2.45) is 0 Å². The lowest BCUT2D eigenvalue weighted by molar-refractivity contribution is -0.147. The first kappa shape index (κ1) is 26.1. The fourth-order valence-electron chi connectivity index (χ4n) is 3.46. The van der Waals surface area contributed by atoms with Gasteiger partial charge in [0.1, 0.15) is 6.10 Å². The fourth-order valence-corrected chi connectivity index (χ4v) is 3.46. The van der Waals surface area contributed by atoms with Crippen molar-refractivity contribution >= 4 is 12.0 Å². The maximum atomic E-state index is 11.5. The van der Waals surface area contributed by atoms with Crippen LogP contribution in [0.15, 0.2) is 42.5 Å². The molecular formula is C26H40O4. The molecule has 0 heterocycles. The Balaban J connectivity index is 2.61. The van der Waals surface area contributed by atoms with Gasteiger partial charge in [0.05, 0.1) is 6.10 Å². The van der Waals surface area contributed by atoms with E-state index in [0.29, 0.717) is 12.8 Å². The van der Waals surface area contributed by atoms with Gasteiger partial charge in [0.2, 0.25) is 0 Å². The molecule has 0 aliphatic rings. The van der Waals surface area contributed by atoms with Gasteiger partial charge in [-0.15, -0.1) is 0 Å². The van der Waals surface area contributed by atoms with Crippen LogP contribution in [-0.2, 0) is 9.53 Å². The van der Waals surface area contributed by atoms with Crippen LogP contribution in [0.3, 0.4) is 0 Å². The second kappa shape index (κ2) is 16.8. The number of carbonyl (C=O) groups is 1.